The molecule has 0 aromatic carbocycles. The fraction of sp³-hybridized carbons (Fsp3) is 0.400. The summed E-state index contributed by atoms with van der Waals surface area (Å²) in [6, 6.07) is 0. The van der Waals surface area contributed by atoms with Gasteiger partial charge in [-0.25, -0.2) is 4.98 Å². The van der Waals surface area contributed by atoms with Crippen molar-refractivity contribution < 1.29 is 0 Å². The lowest BCUT2D eigenvalue weighted by Crippen LogP contribution is -2.23. The van der Waals surface area contributed by atoms with Crippen molar-refractivity contribution in [3.8, 4) is 5.95 Å². The zero-order valence-corrected chi connectivity index (χ0v) is 11.7. The highest BCUT2D eigenvalue weighted by molar-refractivity contribution is 7.98. The number of imidazole rings is 1. The molecule has 0 amide bonds. The first-order valence-corrected chi connectivity index (χ1v) is 7.08. The van der Waals surface area contributed by atoms with Crippen molar-refractivity contribution in [3.05, 3.63) is 24.0 Å². The summed E-state index contributed by atoms with van der Waals surface area (Å²) in [4.78, 5) is 18.5. The lowest BCUT2D eigenvalue weighted by molar-refractivity contribution is 0.843. The molecule has 6 nitrogen and oxygen atoms in total. The number of nitrogens with zero attached hydrogens (tertiary/aromatic N) is 6. The van der Waals surface area contributed by atoms with Crippen LogP contribution in [0.15, 0.2) is 18.7 Å². The largest absolute Gasteiger partial charge is 0.343 e. The minimum absolute atomic E-state index is 0.180. The van der Waals surface area contributed by atoms with E-state index in [2.05, 4.69) is 26.2 Å². The molecular formula is C10H13ClN6S. The van der Waals surface area contributed by atoms with Gasteiger partial charge in [0.05, 0.1) is 0 Å². The third-order valence-corrected chi connectivity index (χ3v) is 3.05. The Morgan fingerprint density at radius 3 is 2.89 bits per heavy atom. The molecule has 2 aromatic heterocycles. The van der Waals surface area contributed by atoms with Crippen molar-refractivity contribution >= 4 is 29.3 Å². The Labute approximate surface area is 114 Å². The molecule has 0 spiro atoms. The van der Waals surface area contributed by atoms with Gasteiger partial charge in [0, 0.05) is 31.7 Å². The van der Waals surface area contributed by atoms with E-state index in [0.29, 0.717) is 11.9 Å². The normalized spacial score (nSPS) is 10.6. The number of hydrogen-bond acceptors (Lipinski definition) is 6. The van der Waals surface area contributed by atoms with Crippen LogP contribution in [0, 0.1) is 0 Å². The topological polar surface area (TPSA) is 59.7 Å². The molecule has 2 aromatic rings. The standard InChI is InChI=1S/C10H13ClN6S/c1-16(5-6-18-2)9-13-8(11)14-10(15-9)17-4-3-12-7-17/h3-4,7H,5-6H2,1-2H3. The van der Waals surface area contributed by atoms with Crippen LogP contribution in [0.2, 0.25) is 5.28 Å². The van der Waals surface area contributed by atoms with Crippen LogP contribution in [0.1, 0.15) is 0 Å². The summed E-state index contributed by atoms with van der Waals surface area (Å²) in [5.74, 6) is 2.03. The maximum absolute atomic E-state index is 5.92. The number of thioether (sulfide) groups is 1. The van der Waals surface area contributed by atoms with Gasteiger partial charge in [-0.1, -0.05) is 0 Å². The third-order valence-electron chi connectivity index (χ3n) is 2.29. The highest BCUT2D eigenvalue weighted by Gasteiger charge is 2.10. The lowest BCUT2D eigenvalue weighted by atomic mass is 10.6. The van der Waals surface area contributed by atoms with Gasteiger partial charge >= 0.3 is 0 Å². The van der Waals surface area contributed by atoms with E-state index in [1.54, 1.807) is 35.0 Å². The Hall–Kier alpha value is -1.34. The SMILES string of the molecule is CSCCN(C)c1nc(Cl)nc(-n2ccnc2)n1. The van der Waals surface area contributed by atoms with Crippen molar-refractivity contribution in [2.45, 2.75) is 0 Å². The number of rotatable bonds is 5. The molecule has 2 rings (SSSR count). The smallest absolute Gasteiger partial charge is 0.241 e. The van der Waals surface area contributed by atoms with Crippen molar-refractivity contribution in [1.29, 1.82) is 0 Å². The van der Waals surface area contributed by atoms with E-state index < -0.39 is 0 Å². The van der Waals surface area contributed by atoms with Crippen LogP contribution in [-0.2, 0) is 0 Å². The zero-order chi connectivity index (χ0) is 13.0. The lowest BCUT2D eigenvalue weighted by Gasteiger charge is -2.16. The Bertz CT molecular complexity index is 503. The van der Waals surface area contributed by atoms with Crippen LogP contribution in [0.5, 0.6) is 0 Å². The third kappa shape index (κ3) is 3.11. The molecule has 18 heavy (non-hydrogen) atoms. The van der Waals surface area contributed by atoms with Crippen molar-refractivity contribution in [2.24, 2.45) is 0 Å². The van der Waals surface area contributed by atoms with E-state index in [-0.39, 0.29) is 5.28 Å². The zero-order valence-electron chi connectivity index (χ0n) is 10.1. The Morgan fingerprint density at radius 2 is 2.22 bits per heavy atom. The Morgan fingerprint density at radius 1 is 1.39 bits per heavy atom. The molecule has 0 saturated carbocycles. The van der Waals surface area contributed by atoms with Crippen LogP contribution in [0.3, 0.4) is 0 Å². The molecule has 0 N–H and O–H groups in total. The fourth-order valence-corrected chi connectivity index (χ4v) is 1.93. The van der Waals surface area contributed by atoms with Gasteiger partial charge in [-0.05, 0) is 17.9 Å². The van der Waals surface area contributed by atoms with E-state index >= 15 is 0 Å². The first-order chi connectivity index (χ1) is 8.70. The molecule has 0 aliphatic heterocycles. The summed E-state index contributed by atoms with van der Waals surface area (Å²) in [6.45, 7) is 0.852. The summed E-state index contributed by atoms with van der Waals surface area (Å²) >= 11 is 7.69. The van der Waals surface area contributed by atoms with E-state index in [4.69, 9.17) is 11.6 Å². The second-order valence-corrected chi connectivity index (χ2v) is 4.91. The number of halogens is 1. The molecule has 0 aliphatic carbocycles. The van der Waals surface area contributed by atoms with Gasteiger partial charge in [0.1, 0.15) is 6.33 Å². The van der Waals surface area contributed by atoms with Crippen molar-refractivity contribution in [3.63, 3.8) is 0 Å². The van der Waals surface area contributed by atoms with Gasteiger partial charge in [-0.15, -0.1) is 0 Å². The number of aromatic nitrogens is 5. The van der Waals surface area contributed by atoms with Crippen LogP contribution in [-0.4, -0.2) is 50.1 Å². The summed E-state index contributed by atoms with van der Waals surface area (Å²) in [7, 11) is 1.93. The maximum atomic E-state index is 5.92. The molecule has 0 saturated heterocycles. The molecule has 0 fully saturated rings. The molecule has 0 aliphatic rings. The molecular weight excluding hydrogens is 272 g/mol. The van der Waals surface area contributed by atoms with Gasteiger partial charge in [-0.3, -0.25) is 4.57 Å². The van der Waals surface area contributed by atoms with Crippen molar-refractivity contribution in [2.75, 3.05) is 30.5 Å². The van der Waals surface area contributed by atoms with Gasteiger partial charge in [-0.2, -0.15) is 26.7 Å². The summed E-state index contributed by atoms with van der Waals surface area (Å²) < 4.78 is 1.69. The predicted molar refractivity (Wildman–Crippen MR) is 73.6 cm³/mol. The molecule has 0 atom stereocenters. The van der Waals surface area contributed by atoms with E-state index in [1.807, 2.05) is 11.9 Å². The highest BCUT2D eigenvalue weighted by atomic mass is 35.5. The number of anilines is 1. The highest BCUT2D eigenvalue weighted by Crippen LogP contribution is 2.12. The summed E-state index contributed by atoms with van der Waals surface area (Å²) in [5.41, 5.74) is 0. The maximum Gasteiger partial charge on any atom is 0.241 e. The second kappa shape index (κ2) is 6.01. The minimum atomic E-state index is 0.180. The van der Waals surface area contributed by atoms with Crippen LogP contribution < -0.4 is 4.90 Å². The predicted octanol–water partition coefficient (Wildman–Crippen LogP) is 1.51. The second-order valence-electron chi connectivity index (χ2n) is 3.59. The van der Waals surface area contributed by atoms with Crippen LogP contribution in [0.25, 0.3) is 5.95 Å². The fourth-order valence-electron chi connectivity index (χ4n) is 1.32. The molecule has 0 radical (unpaired) electrons. The first kappa shape index (κ1) is 13.1. The van der Waals surface area contributed by atoms with Gasteiger partial charge in [0.15, 0.2) is 0 Å². The van der Waals surface area contributed by atoms with E-state index in [0.717, 1.165) is 12.3 Å². The molecule has 0 bridgehead atoms. The Kier molecular flexibility index (Phi) is 4.38. The molecule has 8 heteroatoms. The van der Waals surface area contributed by atoms with Gasteiger partial charge < -0.3 is 4.90 Å². The van der Waals surface area contributed by atoms with E-state index in [9.17, 15) is 0 Å². The quantitative estimate of drug-likeness (QED) is 0.829. The van der Waals surface area contributed by atoms with Gasteiger partial charge in [0.2, 0.25) is 17.2 Å². The van der Waals surface area contributed by atoms with Crippen LogP contribution >= 0.6 is 23.4 Å². The molecule has 0 unspecified atom stereocenters. The number of hydrogen-bond donors (Lipinski definition) is 0. The molecule has 96 valence electrons. The average Bonchev–Trinajstić information content (AvgIpc) is 2.89. The van der Waals surface area contributed by atoms with Crippen LogP contribution in [0.4, 0.5) is 5.95 Å². The van der Waals surface area contributed by atoms with Gasteiger partial charge in [0.25, 0.3) is 0 Å². The van der Waals surface area contributed by atoms with Crippen molar-refractivity contribution in [1.82, 2.24) is 24.5 Å². The Balaban J connectivity index is 2.26. The average molecular weight is 285 g/mol. The summed E-state index contributed by atoms with van der Waals surface area (Å²) in [6.07, 6.45) is 7.11. The molecule has 2 heterocycles. The van der Waals surface area contributed by atoms with E-state index in [1.165, 1.54) is 0 Å². The monoisotopic (exact) mass is 284 g/mol. The first-order valence-electron chi connectivity index (χ1n) is 5.30. The minimum Gasteiger partial charge on any atom is -0.343 e. The summed E-state index contributed by atoms with van der Waals surface area (Å²) in [5, 5.41) is 0.180.